The number of rotatable bonds is 3. The number of hydrogen-bond donors (Lipinski definition) is 1. The molecule has 26 heavy (non-hydrogen) atoms. The third kappa shape index (κ3) is 3.43. The van der Waals surface area contributed by atoms with Crippen LogP contribution >= 0.6 is 0 Å². The second-order valence-electron chi connectivity index (χ2n) is 7.92. The molecule has 2 heteroatoms. The summed E-state index contributed by atoms with van der Waals surface area (Å²) in [5.74, 6) is 0. The van der Waals surface area contributed by atoms with Crippen molar-refractivity contribution >= 4 is 10.9 Å². The summed E-state index contributed by atoms with van der Waals surface area (Å²) in [7, 11) is 4.41. The van der Waals surface area contributed by atoms with Crippen molar-refractivity contribution in [2.45, 2.75) is 53.0 Å². The lowest BCUT2D eigenvalue weighted by molar-refractivity contribution is 0.268. The number of nitrogens with zero attached hydrogens (tertiary/aromatic N) is 1. The van der Waals surface area contributed by atoms with Crippen LogP contribution in [0, 0.1) is 13.8 Å². The van der Waals surface area contributed by atoms with Crippen LogP contribution in [0.3, 0.4) is 0 Å². The maximum Gasteiger partial charge on any atom is 0.0459 e. The third-order valence-electron chi connectivity index (χ3n) is 5.94. The molecule has 2 aromatic carbocycles. The predicted octanol–water partition coefficient (Wildman–Crippen LogP) is 5.43. The van der Waals surface area contributed by atoms with E-state index in [1.165, 1.54) is 51.7 Å². The fraction of sp³-hybridized carbons (Fsp3) is 0.417. The van der Waals surface area contributed by atoms with E-state index in [2.05, 4.69) is 74.2 Å². The molecule has 1 unspecified atom stereocenters. The van der Waals surface area contributed by atoms with Gasteiger partial charge in [-0.3, -0.25) is 0 Å². The summed E-state index contributed by atoms with van der Waals surface area (Å²) < 4.78 is 0. The molecule has 0 saturated carbocycles. The second-order valence-corrected chi connectivity index (χ2v) is 7.92. The minimum absolute atomic E-state index is 0. The largest absolute Gasteiger partial charge is 0.358 e. The highest BCUT2D eigenvalue weighted by Gasteiger charge is 2.23. The quantitative estimate of drug-likeness (QED) is 0.668. The van der Waals surface area contributed by atoms with Gasteiger partial charge in [0.1, 0.15) is 0 Å². The second kappa shape index (κ2) is 7.28. The topological polar surface area (TPSA) is 19.0 Å². The molecule has 0 bridgehead atoms. The van der Waals surface area contributed by atoms with E-state index in [0.717, 1.165) is 12.8 Å². The summed E-state index contributed by atoms with van der Waals surface area (Å²) in [6, 6.07) is 14.5. The number of benzene rings is 2. The van der Waals surface area contributed by atoms with Crippen molar-refractivity contribution in [2.24, 2.45) is 0 Å². The predicted molar refractivity (Wildman–Crippen MR) is 113 cm³/mol. The fourth-order valence-corrected chi connectivity index (χ4v) is 4.15. The number of aryl methyl sites for hydroxylation is 3. The van der Waals surface area contributed by atoms with Crippen LogP contribution in [-0.4, -0.2) is 30.0 Å². The molecule has 2 nitrogen and oxygen atoms in total. The molecule has 4 rings (SSSR count). The van der Waals surface area contributed by atoms with Gasteiger partial charge in [0, 0.05) is 22.6 Å². The summed E-state index contributed by atoms with van der Waals surface area (Å²) in [6.07, 6.45) is 4.59. The van der Waals surface area contributed by atoms with Gasteiger partial charge in [0.25, 0.3) is 0 Å². The van der Waals surface area contributed by atoms with Crippen LogP contribution < -0.4 is 0 Å². The van der Waals surface area contributed by atoms with Crippen LogP contribution in [0.5, 0.6) is 0 Å². The lowest BCUT2D eigenvalue weighted by Crippen LogP contribution is -2.33. The standard InChI is InChI=1S/C23H28N2.CH4/c1-15-5-6-17(11-16(15)2)12-18-7-9-22-20(13-18)21-14-19(25(3)4)8-10-23(21)24-22;/h5-7,9,11,13,19,24H,8,10,12,14H2,1-4H3;1H4. The number of aromatic nitrogens is 1. The third-order valence-corrected chi connectivity index (χ3v) is 5.94. The summed E-state index contributed by atoms with van der Waals surface area (Å²) in [5, 5.41) is 1.43. The van der Waals surface area contributed by atoms with E-state index < -0.39 is 0 Å². The Hall–Kier alpha value is -2.06. The first-order valence-corrected chi connectivity index (χ1v) is 9.36. The van der Waals surface area contributed by atoms with Crippen molar-refractivity contribution in [2.75, 3.05) is 14.1 Å². The Kier molecular flexibility index (Phi) is 5.24. The number of likely N-dealkylation sites (N-methyl/N-ethyl adjacent to an activating group) is 1. The Balaban J connectivity index is 0.00000196. The van der Waals surface area contributed by atoms with Gasteiger partial charge in [-0.2, -0.15) is 0 Å². The Bertz CT molecular complexity index is 917. The van der Waals surface area contributed by atoms with Gasteiger partial charge in [-0.25, -0.2) is 0 Å². The average molecular weight is 349 g/mol. The van der Waals surface area contributed by atoms with E-state index in [0.29, 0.717) is 6.04 Å². The fourth-order valence-electron chi connectivity index (χ4n) is 4.15. The number of aromatic amines is 1. The smallest absolute Gasteiger partial charge is 0.0459 e. The van der Waals surface area contributed by atoms with Crippen LogP contribution in [0.1, 0.15) is 47.4 Å². The molecule has 1 aliphatic carbocycles. The van der Waals surface area contributed by atoms with Gasteiger partial charge in [0.15, 0.2) is 0 Å². The minimum Gasteiger partial charge on any atom is -0.358 e. The highest BCUT2D eigenvalue weighted by molar-refractivity contribution is 5.85. The van der Waals surface area contributed by atoms with Crippen LogP contribution in [-0.2, 0) is 19.3 Å². The van der Waals surface area contributed by atoms with Crippen molar-refractivity contribution in [1.29, 1.82) is 0 Å². The summed E-state index contributed by atoms with van der Waals surface area (Å²) in [4.78, 5) is 6.04. The molecular formula is C24H32N2. The Morgan fingerprint density at radius 3 is 2.46 bits per heavy atom. The van der Waals surface area contributed by atoms with Gasteiger partial charge < -0.3 is 9.88 Å². The van der Waals surface area contributed by atoms with Crippen molar-refractivity contribution < 1.29 is 0 Å². The maximum atomic E-state index is 3.66. The highest BCUT2D eigenvalue weighted by Crippen LogP contribution is 2.31. The summed E-state index contributed by atoms with van der Waals surface area (Å²) in [5.41, 5.74) is 9.86. The zero-order chi connectivity index (χ0) is 17.6. The summed E-state index contributed by atoms with van der Waals surface area (Å²) in [6.45, 7) is 4.38. The SMILES string of the molecule is C.Cc1ccc(Cc2ccc3[nH]c4c(c3c2)CC(N(C)C)CC4)cc1C. The van der Waals surface area contributed by atoms with Crippen LogP contribution in [0.2, 0.25) is 0 Å². The van der Waals surface area contributed by atoms with Crippen LogP contribution in [0.25, 0.3) is 10.9 Å². The molecule has 0 fully saturated rings. The van der Waals surface area contributed by atoms with E-state index in [9.17, 15) is 0 Å². The molecule has 0 saturated heterocycles. The van der Waals surface area contributed by atoms with E-state index in [1.54, 1.807) is 5.56 Å². The first kappa shape index (κ1) is 18.7. The zero-order valence-electron chi connectivity index (χ0n) is 15.8. The minimum atomic E-state index is 0. The van der Waals surface area contributed by atoms with Gasteiger partial charge in [-0.05, 0) is 93.6 Å². The van der Waals surface area contributed by atoms with Crippen molar-refractivity contribution in [3.63, 3.8) is 0 Å². The van der Waals surface area contributed by atoms with Gasteiger partial charge >= 0.3 is 0 Å². The van der Waals surface area contributed by atoms with E-state index in [4.69, 9.17) is 0 Å². The van der Waals surface area contributed by atoms with Crippen molar-refractivity contribution in [1.82, 2.24) is 9.88 Å². The first-order chi connectivity index (χ1) is 12.0. The summed E-state index contributed by atoms with van der Waals surface area (Å²) >= 11 is 0. The van der Waals surface area contributed by atoms with Crippen LogP contribution in [0.15, 0.2) is 36.4 Å². The molecule has 0 aliphatic heterocycles. The van der Waals surface area contributed by atoms with E-state index in [-0.39, 0.29) is 7.43 Å². The van der Waals surface area contributed by atoms with E-state index >= 15 is 0 Å². The van der Waals surface area contributed by atoms with Gasteiger partial charge in [0.05, 0.1) is 0 Å². The Morgan fingerprint density at radius 2 is 1.73 bits per heavy atom. The monoisotopic (exact) mass is 348 g/mol. The molecule has 0 radical (unpaired) electrons. The first-order valence-electron chi connectivity index (χ1n) is 9.36. The lowest BCUT2D eigenvalue weighted by Gasteiger charge is -2.28. The van der Waals surface area contributed by atoms with Gasteiger partial charge in [-0.1, -0.05) is 31.7 Å². The zero-order valence-corrected chi connectivity index (χ0v) is 15.8. The van der Waals surface area contributed by atoms with Gasteiger partial charge in [0.2, 0.25) is 0 Å². The number of hydrogen-bond acceptors (Lipinski definition) is 1. The average Bonchev–Trinajstić information content (AvgIpc) is 2.95. The maximum absolute atomic E-state index is 3.66. The highest BCUT2D eigenvalue weighted by atomic mass is 15.1. The number of H-pyrrole nitrogens is 1. The number of nitrogens with one attached hydrogen (secondary N) is 1. The molecule has 1 aliphatic rings. The number of fused-ring (bicyclic) bond motifs is 3. The molecule has 1 N–H and O–H groups in total. The van der Waals surface area contributed by atoms with Crippen molar-refractivity contribution in [3.05, 3.63) is 69.9 Å². The molecule has 1 heterocycles. The normalized spacial score (nSPS) is 16.6. The molecule has 138 valence electrons. The molecule has 1 atom stereocenters. The van der Waals surface area contributed by atoms with Crippen molar-refractivity contribution in [3.8, 4) is 0 Å². The molecule has 3 aromatic rings. The van der Waals surface area contributed by atoms with Gasteiger partial charge in [-0.15, -0.1) is 0 Å². The Labute approximate surface area is 158 Å². The lowest BCUT2D eigenvalue weighted by atomic mass is 9.90. The van der Waals surface area contributed by atoms with E-state index in [1.807, 2.05) is 0 Å². The van der Waals surface area contributed by atoms with Crippen LogP contribution in [0.4, 0.5) is 0 Å². The molecule has 0 spiro atoms. The molecule has 0 amide bonds. The molecular weight excluding hydrogens is 316 g/mol. The Morgan fingerprint density at radius 1 is 1.00 bits per heavy atom. The molecule has 1 aromatic heterocycles.